The van der Waals surface area contributed by atoms with Crippen molar-refractivity contribution in [2.45, 2.75) is 51.7 Å². The third-order valence-electron chi connectivity index (χ3n) is 5.59. The normalized spacial score (nSPS) is 13.1. The van der Waals surface area contributed by atoms with Crippen molar-refractivity contribution in [1.29, 1.82) is 0 Å². The molecule has 0 aliphatic heterocycles. The summed E-state index contributed by atoms with van der Waals surface area (Å²) >= 11 is 0. The molecule has 0 saturated carbocycles. The molecule has 0 bridgehead atoms. The van der Waals surface area contributed by atoms with Crippen LogP contribution in [0.4, 0.5) is 0 Å². The fourth-order valence-electron chi connectivity index (χ4n) is 3.44. The second-order valence-electron chi connectivity index (χ2n) is 8.28. The number of nitrogens with one attached hydrogen (secondary N) is 1. The average molecular weight is 389 g/mol. The predicted molar refractivity (Wildman–Crippen MR) is 118 cm³/mol. The molecule has 1 aromatic heterocycles. The van der Waals surface area contributed by atoms with Crippen molar-refractivity contribution in [3.63, 3.8) is 0 Å². The van der Waals surface area contributed by atoms with Crippen molar-refractivity contribution in [1.82, 2.24) is 9.97 Å². The number of aromatic nitrogens is 2. The lowest BCUT2D eigenvalue weighted by molar-refractivity contribution is -0.0176. The molecular formula is C25H28N2O2. The van der Waals surface area contributed by atoms with E-state index in [1.807, 2.05) is 26.0 Å². The Morgan fingerprint density at radius 3 is 2.38 bits per heavy atom. The summed E-state index contributed by atoms with van der Waals surface area (Å²) < 4.78 is 5.89. The van der Waals surface area contributed by atoms with Gasteiger partial charge in [0.15, 0.2) is 0 Å². The molecule has 4 heteroatoms. The number of benzene rings is 3. The van der Waals surface area contributed by atoms with Crippen LogP contribution in [-0.2, 0) is 12.8 Å². The van der Waals surface area contributed by atoms with Gasteiger partial charge in [-0.3, -0.25) is 0 Å². The van der Waals surface area contributed by atoms with Crippen LogP contribution in [0.15, 0.2) is 60.7 Å². The lowest BCUT2D eigenvalue weighted by Gasteiger charge is -2.29. The van der Waals surface area contributed by atoms with E-state index in [1.54, 1.807) is 6.92 Å². The molecule has 3 aromatic carbocycles. The highest BCUT2D eigenvalue weighted by Crippen LogP contribution is 2.23. The molecule has 1 heterocycles. The van der Waals surface area contributed by atoms with Crippen LogP contribution in [0.3, 0.4) is 0 Å². The largest absolute Gasteiger partial charge is 0.485 e. The van der Waals surface area contributed by atoms with E-state index in [1.165, 1.54) is 16.3 Å². The Balaban J connectivity index is 1.37. The summed E-state index contributed by atoms with van der Waals surface area (Å²) in [5, 5.41) is 12.2. The van der Waals surface area contributed by atoms with E-state index in [-0.39, 0.29) is 0 Å². The van der Waals surface area contributed by atoms with Gasteiger partial charge in [-0.2, -0.15) is 0 Å². The molecule has 0 aliphatic rings. The maximum Gasteiger partial charge on any atom is 0.129 e. The molecule has 0 amide bonds. The van der Waals surface area contributed by atoms with E-state index < -0.39 is 11.7 Å². The number of H-pyrrole nitrogens is 1. The van der Waals surface area contributed by atoms with Gasteiger partial charge in [0.1, 0.15) is 17.2 Å². The Kier molecular flexibility index (Phi) is 5.29. The summed E-state index contributed by atoms with van der Waals surface area (Å²) in [5.41, 5.74) is 2.80. The number of imidazole rings is 1. The summed E-state index contributed by atoms with van der Waals surface area (Å²) in [4.78, 5) is 8.23. The van der Waals surface area contributed by atoms with Gasteiger partial charge in [0.2, 0.25) is 0 Å². The van der Waals surface area contributed by atoms with Crippen molar-refractivity contribution in [3.05, 3.63) is 72.1 Å². The Hall–Kier alpha value is -2.85. The topological polar surface area (TPSA) is 58.1 Å². The van der Waals surface area contributed by atoms with Crippen LogP contribution in [0, 0.1) is 0 Å². The Labute approximate surface area is 171 Å². The molecule has 0 radical (unpaired) electrons. The molecule has 1 atom stereocenters. The van der Waals surface area contributed by atoms with Gasteiger partial charge in [0.05, 0.1) is 17.1 Å². The van der Waals surface area contributed by atoms with Gasteiger partial charge >= 0.3 is 0 Å². The Bertz CT molecular complexity index is 1060. The molecule has 4 nitrogen and oxygen atoms in total. The van der Waals surface area contributed by atoms with Gasteiger partial charge in [0, 0.05) is 6.42 Å². The Morgan fingerprint density at radius 1 is 1.00 bits per heavy atom. The SMILES string of the molecule is CC(O)C(C)(C)Oc1ccc(CCCc2nc3cc4ccccc4cc3[nH]2)cc1. The molecule has 0 fully saturated rings. The predicted octanol–water partition coefficient (Wildman–Crippen LogP) is 5.43. The highest BCUT2D eigenvalue weighted by atomic mass is 16.5. The van der Waals surface area contributed by atoms with Crippen LogP contribution in [0.25, 0.3) is 21.8 Å². The molecule has 150 valence electrons. The highest BCUT2D eigenvalue weighted by molar-refractivity contribution is 5.95. The molecule has 0 spiro atoms. The van der Waals surface area contributed by atoms with E-state index in [4.69, 9.17) is 9.72 Å². The van der Waals surface area contributed by atoms with E-state index in [0.29, 0.717) is 0 Å². The lowest BCUT2D eigenvalue weighted by atomic mass is 10.0. The number of aryl methyl sites for hydroxylation is 2. The third-order valence-corrected chi connectivity index (χ3v) is 5.59. The maximum atomic E-state index is 9.79. The minimum Gasteiger partial charge on any atom is -0.485 e. The zero-order valence-corrected chi connectivity index (χ0v) is 17.3. The molecule has 29 heavy (non-hydrogen) atoms. The second-order valence-corrected chi connectivity index (χ2v) is 8.28. The monoisotopic (exact) mass is 388 g/mol. The summed E-state index contributed by atoms with van der Waals surface area (Å²) in [6, 6.07) is 20.9. The minimum absolute atomic E-state index is 0.538. The first-order valence-corrected chi connectivity index (χ1v) is 10.2. The van der Waals surface area contributed by atoms with Gasteiger partial charge in [-0.05, 0) is 74.2 Å². The van der Waals surface area contributed by atoms with Gasteiger partial charge in [-0.1, -0.05) is 36.4 Å². The number of aliphatic hydroxyl groups is 1. The van der Waals surface area contributed by atoms with Crippen LogP contribution in [0.1, 0.15) is 38.6 Å². The summed E-state index contributed by atoms with van der Waals surface area (Å²) in [5.74, 6) is 1.82. The van der Waals surface area contributed by atoms with Crippen molar-refractivity contribution < 1.29 is 9.84 Å². The molecular weight excluding hydrogens is 360 g/mol. The van der Waals surface area contributed by atoms with E-state index in [2.05, 4.69) is 53.5 Å². The zero-order valence-electron chi connectivity index (χ0n) is 17.3. The minimum atomic E-state index is -0.604. The van der Waals surface area contributed by atoms with Crippen molar-refractivity contribution in [2.24, 2.45) is 0 Å². The zero-order chi connectivity index (χ0) is 20.4. The average Bonchev–Trinajstić information content (AvgIpc) is 3.08. The van der Waals surface area contributed by atoms with Crippen molar-refractivity contribution in [3.8, 4) is 5.75 Å². The van der Waals surface area contributed by atoms with E-state index >= 15 is 0 Å². The van der Waals surface area contributed by atoms with Gasteiger partial charge in [0.25, 0.3) is 0 Å². The summed E-state index contributed by atoms with van der Waals surface area (Å²) in [7, 11) is 0. The third kappa shape index (κ3) is 4.43. The van der Waals surface area contributed by atoms with Gasteiger partial charge in [-0.25, -0.2) is 4.98 Å². The fourth-order valence-corrected chi connectivity index (χ4v) is 3.44. The number of hydrogen-bond acceptors (Lipinski definition) is 3. The van der Waals surface area contributed by atoms with Crippen molar-refractivity contribution in [2.75, 3.05) is 0 Å². The Morgan fingerprint density at radius 2 is 1.69 bits per heavy atom. The molecule has 1 unspecified atom stereocenters. The van der Waals surface area contributed by atoms with Crippen LogP contribution in [-0.4, -0.2) is 26.8 Å². The van der Waals surface area contributed by atoms with Crippen LogP contribution >= 0.6 is 0 Å². The van der Waals surface area contributed by atoms with Crippen molar-refractivity contribution >= 4 is 21.8 Å². The first kappa shape index (κ1) is 19.5. The molecule has 4 rings (SSSR count). The fraction of sp³-hybridized carbons (Fsp3) is 0.320. The number of ether oxygens (including phenoxy) is 1. The molecule has 2 N–H and O–H groups in total. The standard InChI is InChI=1S/C25H28N2O2/c1-17(28)25(2,3)29-21-13-11-18(12-14-21)7-6-10-24-26-22-15-19-8-4-5-9-20(19)16-23(22)27-24/h4-5,8-9,11-17,28H,6-7,10H2,1-3H3,(H,26,27). The van der Waals surface area contributed by atoms with E-state index in [0.717, 1.165) is 41.9 Å². The molecule has 0 aliphatic carbocycles. The number of aliphatic hydroxyl groups excluding tert-OH is 1. The van der Waals surface area contributed by atoms with Crippen LogP contribution in [0.2, 0.25) is 0 Å². The number of rotatable bonds is 7. The van der Waals surface area contributed by atoms with Crippen LogP contribution in [0.5, 0.6) is 5.75 Å². The summed E-state index contributed by atoms with van der Waals surface area (Å²) in [6.07, 6.45) is 2.39. The quantitative estimate of drug-likeness (QED) is 0.444. The molecule has 4 aromatic rings. The maximum absolute atomic E-state index is 9.79. The first-order valence-electron chi connectivity index (χ1n) is 10.2. The number of aromatic amines is 1. The van der Waals surface area contributed by atoms with Crippen LogP contribution < -0.4 is 4.74 Å². The first-order chi connectivity index (χ1) is 13.9. The lowest BCUT2D eigenvalue weighted by Crippen LogP contribution is -2.39. The number of hydrogen-bond donors (Lipinski definition) is 2. The number of nitrogens with zero attached hydrogens (tertiary/aromatic N) is 1. The smallest absolute Gasteiger partial charge is 0.129 e. The summed E-state index contributed by atoms with van der Waals surface area (Å²) in [6.45, 7) is 5.53. The molecule has 0 saturated heterocycles. The number of fused-ring (bicyclic) bond motifs is 2. The second kappa shape index (κ2) is 7.88. The highest BCUT2D eigenvalue weighted by Gasteiger charge is 2.26. The van der Waals surface area contributed by atoms with E-state index in [9.17, 15) is 5.11 Å². The van der Waals surface area contributed by atoms with Gasteiger partial charge < -0.3 is 14.8 Å². The van der Waals surface area contributed by atoms with Gasteiger partial charge in [-0.15, -0.1) is 0 Å².